The van der Waals surface area contributed by atoms with Crippen LogP contribution in [0.2, 0.25) is 0 Å². The van der Waals surface area contributed by atoms with Gasteiger partial charge in [0.1, 0.15) is 0 Å². The van der Waals surface area contributed by atoms with Gasteiger partial charge >= 0.3 is 0 Å². The SMILES string of the molecule is N#Cc1cc(C#N)cc(NC(=S)Nc2cc(C#N)cc(C#N)c2)c1. The second-order valence-corrected chi connectivity index (χ2v) is 5.03. The number of benzene rings is 2. The molecule has 0 aromatic heterocycles. The summed E-state index contributed by atoms with van der Waals surface area (Å²) in [7, 11) is 0. The molecule has 0 bridgehead atoms. The molecule has 0 spiro atoms. The van der Waals surface area contributed by atoms with Crippen molar-refractivity contribution < 1.29 is 0 Å². The van der Waals surface area contributed by atoms with Gasteiger partial charge in [-0.3, -0.25) is 0 Å². The second-order valence-electron chi connectivity index (χ2n) is 4.62. The Balaban J connectivity index is 2.21. The second kappa shape index (κ2) is 7.38. The Hall–Kier alpha value is -3.91. The Kier molecular flexibility index (Phi) is 5.06. The van der Waals surface area contributed by atoms with Crippen LogP contribution < -0.4 is 10.6 Å². The fraction of sp³-hybridized carbons (Fsp3) is 0. The van der Waals surface area contributed by atoms with Gasteiger partial charge in [0.25, 0.3) is 0 Å². The first kappa shape index (κ1) is 16.5. The van der Waals surface area contributed by atoms with Crippen molar-refractivity contribution in [2.45, 2.75) is 0 Å². The number of rotatable bonds is 2. The van der Waals surface area contributed by atoms with E-state index in [9.17, 15) is 0 Å². The minimum absolute atomic E-state index is 0.202. The Bertz CT molecular complexity index is 838. The van der Waals surface area contributed by atoms with Gasteiger partial charge in [-0.25, -0.2) is 0 Å². The van der Waals surface area contributed by atoms with Crippen LogP contribution >= 0.6 is 12.2 Å². The molecule has 0 aliphatic carbocycles. The summed E-state index contributed by atoms with van der Waals surface area (Å²) < 4.78 is 0. The zero-order valence-corrected chi connectivity index (χ0v) is 13.0. The van der Waals surface area contributed by atoms with Crippen LogP contribution in [-0.4, -0.2) is 5.11 Å². The van der Waals surface area contributed by atoms with Crippen LogP contribution in [0.4, 0.5) is 11.4 Å². The number of nitrogens with one attached hydrogen (secondary N) is 2. The Labute approximate surface area is 143 Å². The summed E-state index contributed by atoms with van der Waals surface area (Å²) in [5, 5.41) is 41.8. The van der Waals surface area contributed by atoms with Gasteiger partial charge in [0.2, 0.25) is 0 Å². The lowest BCUT2D eigenvalue weighted by molar-refractivity contribution is 1.44. The highest BCUT2D eigenvalue weighted by Crippen LogP contribution is 2.17. The zero-order chi connectivity index (χ0) is 17.5. The summed E-state index contributed by atoms with van der Waals surface area (Å²) in [6, 6.07) is 17.0. The van der Waals surface area contributed by atoms with E-state index in [0.717, 1.165) is 0 Å². The molecule has 112 valence electrons. The zero-order valence-electron chi connectivity index (χ0n) is 12.2. The molecule has 0 atom stereocenters. The maximum Gasteiger partial charge on any atom is 0.175 e. The first-order valence-corrected chi connectivity index (χ1v) is 6.97. The van der Waals surface area contributed by atoms with E-state index >= 15 is 0 Å². The van der Waals surface area contributed by atoms with E-state index in [1.165, 1.54) is 12.1 Å². The Morgan fingerprint density at radius 2 is 0.917 bits per heavy atom. The van der Waals surface area contributed by atoms with Crippen molar-refractivity contribution in [2.24, 2.45) is 0 Å². The van der Waals surface area contributed by atoms with E-state index in [-0.39, 0.29) is 5.11 Å². The molecule has 0 saturated carbocycles. The normalized spacial score (nSPS) is 8.83. The molecule has 2 aromatic carbocycles. The minimum Gasteiger partial charge on any atom is -0.332 e. The highest BCUT2D eigenvalue weighted by molar-refractivity contribution is 7.80. The van der Waals surface area contributed by atoms with E-state index < -0.39 is 0 Å². The first-order chi connectivity index (χ1) is 11.6. The van der Waals surface area contributed by atoms with Crippen molar-refractivity contribution >= 4 is 28.7 Å². The molecule has 2 aromatic rings. The molecular formula is C17H8N6S. The largest absolute Gasteiger partial charge is 0.332 e. The van der Waals surface area contributed by atoms with Gasteiger partial charge in [-0.05, 0) is 48.6 Å². The molecule has 0 heterocycles. The summed E-state index contributed by atoms with van der Waals surface area (Å²) in [6.45, 7) is 0. The van der Waals surface area contributed by atoms with Crippen LogP contribution in [0.15, 0.2) is 36.4 Å². The predicted octanol–water partition coefficient (Wildman–Crippen LogP) is 2.98. The monoisotopic (exact) mass is 328 g/mol. The number of anilines is 2. The predicted molar refractivity (Wildman–Crippen MR) is 91.6 cm³/mol. The molecule has 6 nitrogen and oxygen atoms in total. The van der Waals surface area contributed by atoms with Gasteiger partial charge in [0, 0.05) is 11.4 Å². The summed E-state index contributed by atoms with van der Waals surface area (Å²) in [4.78, 5) is 0. The molecule has 0 unspecified atom stereocenters. The molecule has 2 rings (SSSR count). The maximum atomic E-state index is 8.97. The quantitative estimate of drug-likeness (QED) is 0.813. The number of nitriles is 4. The van der Waals surface area contributed by atoms with Crippen LogP contribution in [-0.2, 0) is 0 Å². The lowest BCUT2D eigenvalue weighted by Crippen LogP contribution is -2.19. The summed E-state index contributed by atoms with van der Waals surface area (Å²) in [5.41, 5.74) is 2.30. The van der Waals surface area contributed by atoms with Crippen molar-refractivity contribution in [1.29, 1.82) is 21.0 Å². The van der Waals surface area contributed by atoms with E-state index in [4.69, 9.17) is 33.3 Å². The van der Waals surface area contributed by atoms with Crippen molar-refractivity contribution in [1.82, 2.24) is 0 Å². The molecule has 24 heavy (non-hydrogen) atoms. The van der Waals surface area contributed by atoms with Crippen LogP contribution in [0.3, 0.4) is 0 Å². The average molecular weight is 328 g/mol. The number of nitrogens with zero attached hydrogens (tertiary/aromatic N) is 4. The lowest BCUT2D eigenvalue weighted by atomic mass is 10.1. The molecule has 0 fully saturated rings. The van der Waals surface area contributed by atoms with Crippen LogP contribution in [0.5, 0.6) is 0 Å². The van der Waals surface area contributed by atoms with Crippen molar-refractivity contribution in [2.75, 3.05) is 10.6 Å². The Morgan fingerprint density at radius 3 is 1.17 bits per heavy atom. The van der Waals surface area contributed by atoms with Gasteiger partial charge in [-0.1, -0.05) is 0 Å². The highest BCUT2D eigenvalue weighted by Gasteiger charge is 2.05. The molecule has 0 radical (unpaired) electrons. The van der Waals surface area contributed by atoms with Gasteiger partial charge in [0.05, 0.1) is 46.5 Å². The van der Waals surface area contributed by atoms with Gasteiger partial charge in [-0.15, -0.1) is 0 Å². The highest BCUT2D eigenvalue weighted by atomic mass is 32.1. The van der Waals surface area contributed by atoms with E-state index in [0.29, 0.717) is 33.6 Å². The fourth-order valence-corrected chi connectivity index (χ4v) is 2.19. The van der Waals surface area contributed by atoms with E-state index in [1.807, 2.05) is 24.3 Å². The summed E-state index contributed by atoms with van der Waals surface area (Å²) >= 11 is 5.18. The molecular weight excluding hydrogens is 320 g/mol. The fourth-order valence-electron chi connectivity index (χ4n) is 1.95. The van der Waals surface area contributed by atoms with E-state index in [1.54, 1.807) is 24.3 Å². The molecule has 0 aliphatic heterocycles. The molecule has 2 N–H and O–H groups in total. The molecule has 0 saturated heterocycles. The number of thiocarbonyl (C=S) groups is 1. The summed E-state index contributed by atoms with van der Waals surface area (Å²) in [5.74, 6) is 0. The molecule has 0 amide bonds. The minimum atomic E-state index is 0.202. The molecule has 0 aliphatic rings. The smallest absolute Gasteiger partial charge is 0.175 e. The number of hydrogen-bond acceptors (Lipinski definition) is 5. The van der Waals surface area contributed by atoms with Crippen LogP contribution in [0.1, 0.15) is 22.3 Å². The van der Waals surface area contributed by atoms with Gasteiger partial charge < -0.3 is 10.6 Å². The van der Waals surface area contributed by atoms with Crippen LogP contribution in [0, 0.1) is 45.3 Å². The Morgan fingerprint density at radius 1 is 0.625 bits per heavy atom. The van der Waals surface area contributed by atoms with Crippen LogP contribution in [0.25, 0.3) is 0 Å². The van der Waals surface area contributed by atoms with Crippen molar-refractivity contribution in [3.05, 3.63) is 58.7 Å². The third-order valence-electron chi connectivity index (χ3n) is 2.90. The first-order valence-electron chi connectivity index (χ1n) is 6.56. The van der Waals surface area contributed by atoms with Gasteiger partial charge in [0.15, 0.2) is 5.11 Å². The topological polar surface area (TPSA) is 119 Å². The lowest BCUT2D eigenvalue weighted by Gasteiger charge is -2.11. The maximum absolute atomic E-state index is 8.97. The standard InChI is InChI=1S/C17H8N6S/c18-7-11-1-12(8-19)4-15(3-11)22-17(24)23-16-5-13(9-20)2-14(6-16)10-21/h1-6H,(H2,22,23,24). The van der Waals surface area contributed by atoms with Crippen molar-refractivity contribution in [3.8, 4) is 24.3 Å². The third kappa shape index (κ3) is 4.06. The van der Waals surface area contributed by atoms with E-state index in [2.05, 4.69) is 10.6 Å². The third-order valence-corrected chi connectivity index (χ3v) is 3.10. The average Bonchev–Trinajstić information content (AvgIpc) is 2.60. The van der Waals surface area contributed by atoms with Gasteiger partial charge in [-0.2, -0.15) is 21.0 Å². The summed E-state index contributed by atoms with van der Waals surface area (Å²) in [6.07, 6.45) is 0. The van der Waals surface area contributed by atoms with Crippen molar-refractivity contribution in [3.63, 3.8) is 0 Å². The number of hydrogen-bond donors (Lipinski definition) is 2. The molecule has 7 heteroatoms.